The molecule has 2 fully saturated rings. The first-order chi connectivity index (χ1) is 13.1. The molecule has 0 saturated carbocycles. The van der Waals surface area contributed by atoms with Crippen LogP contribution in [0.4, 0.5) is 0 Å². The highest BCUT2D eigenvalue weighted by Gasteiger charge is 2.19. The first-order valence-corrected chi connectivity index (χ1v) is 11.0. The molecule has 1 aromatic heterocycles. The Labute approximate surface area is 166 Å². The Balaban J connectivity index is 1.35. The predicted octanol–water partition coefficient (Wildman–Crippen LogP) is 1.67. The second-order valence-corrected chi connectivity index (χ2v) is 8.72. The van der Waals surface area contributed by atoms with Gasteiger partial charge in [0.15, 0.2) is 5.78 Å². The number of ketones is 1. The number of likely N-dealkylation sites (tertiary alicyclic amines) is 1. The smallest absolute Gasteiger partial charge is 0.219 e. The zero-order chi connectivity index (χ0) is 19.1. The molecule has 3 heterocycles. The minimum Gasteiger partial charge on any atom is -0.340 e. The van der Waals surface area contributed by atoms with Gasteiger partial charge in [0.05, 0.1) is 11.4 Å². The topological polar surface area (TPSA) is 55.9 Å². The summed E-state index contributed by atoms with van der Waals surface area (Å²) in [7, 11) is 0. The average Bonchev–Trinajstić information content (AvgIpc) is 3.15. The second-order valence-electron chi connectivity index (χ2n) is 7.55. The van der Waals surface area contributed by atoms with Crippen LogP contribution >= 0.6 is 11.3 Å². The minimum atomic E-state index is 0.159. The van der Waals surface area contributed by atoms with Gasteiger partial charge in [-0.05, 0) is 38.1 Å². The molecule has 7 heteroatoms. The van der Waals surface area contributed by atoms with Crippen LogP contribution in [0.2, 0.25) is 0 Å². The molecule has 2 saturated heterocycles. The van der Waals surface area contributed by atoms with Crippen LogP contribution in [-0.4, -0.2) is 85.3 Å². The minimum absolute atomic E-state index is 0.159. The number of hydrogen-bond donors (Lipinski definition) is 1. The van der Waals surface area contributed by atoms with Gasteiger partial charge in [-0.3, -0.25) is 14.5 Å². The van der Waals surface area contributed by atoms with E-state index in [2.05, 4.69) is 21.2 Å². The third-order valence-electron chi connectivity index (χ3n) is 5.47. The second kappa shape index (κ2) is 10.3. The number of nitrogens with zero attached hydrogens (tertiary/aromatic N) is 3. The molecule has 0 unspecified atom stereocenters. The van der Waals surface area contributed by atoms with E-state index < -0.39 is 0 Å². The summed E-state index contributed by atoms with van der Waals surface area (Å²) in [5.74, 6) is 0.345. The van der Waals surface area contributed by atoms with Crippen molar-refractivity contribution in [3.63, 3.8) is 0 Å². The van der Waals surface area contributed by atoms with Crippen molar-refractivity contribution in [3.8, 4) is 0 Å². The van der Waals surface area contributed by atoms with Crippen molar-refractivity contribution in [1.29, 1.82) is 0 Å². The van der Waals surface area contributed by atoms with E-state index in [9.17, 15) is 9.59 Å². The van der Waals surface area contributed by atoms with Gasteiger partial charge >= 0.3 is 0 Å². The lowest BCUT2D eigenvalue weighted by atomic mass is 10.1. The average molecular weight is 393 g/mol. The Bertz CT molecular complexity index is 619. The third-order valence-corrected chi connectivity index (χ3v) is 6.58. The Morgan fingerprint density at radius 1 is 1.00 bits per heavy atom. The number of amides is 1. The van der Waals surface area contributed by atoms with Crippen LogP contribution in [0, 0.1) is 0 Å². The van der Waals surface area contributed by atoms with Crippen molar-refractivity contribution in [1.82, 2.24) is 20.0 Å². The van der Waals surface area contributed by atoms with Gasteiger partial charge in [0.1, 0.15) is 0 Å². The van der Waals surface area contributed by atoms with Gasteiger partial charge in [-0.25, -0.2) is 0 Å². The maximum atomic E-state index is 12.4. The molecular weight excluding hydrogens is 360 g/mol. The van der Waals surface area contributed by atoms with E-state index in [0.717, 1.165) is 50.7 Å². The molecule has 0 spiro atoms. The van der Waals surface area contributed by atoms with E-state index in [4.69, 9.17) is 0 Å². The monoisotopic (exact) mass is 392 g/mol. The summed E-state index contributed by atoms with van der Waals surface area (Å²) >= 11 is 1.61. The highest BCUT2D eigenvalue weighted by molar-refractivity contribution is 7.14. The summed E-state index contributed by atoms with van der Waals surface area (Å²) in [4.78, 5) is 32.6. The number of thiophene rings is 1. The molecular formula is C20H32N4O2S. The number of carbonyl (C=O) groups is 2. The van der Waals surface area contributed by atoms with Gasteiger partial charge < -0.3 is 15.1 Å². The third kappa shape index (κ3) is 6.38. The van der Waals surface area contributed by atoms with Gasteiger partial charge in [-0.1, -0.05) is 6.42 Å². The molecule has 2 aliphatic rings. The van der Waals surface area contributed by atoms with E-state index >= 15 is 0 Å². The van der Waals surface area contributed by atoms with Crippen molar-refractivity contribution in [2.45, 2.75) is 32.7 Å². The summed E-state index contributed by atoms with van der Waals surface area (Å²) in [5, 5.41) is 3.30. The number of hydrogen-bond acceptors (Lipinski definition) is 6. The molecule has 6 nitrogen and oxygen atoms in total. The van der Waals surface area contributed by atoms with Gasteiger partial charge in [0.2, 0.25) is 5.91 Å². The SMILES string of the molecule is CC(=O)N1CCN(Cc2ccc(C(=O)CNCCN3CCCCC3)s2)CC1. The number of rotatable bonds is 8. The highest BCUT2D eigenvalue weighted by atomic mass is 32.1. The zero-order valence-electron chi connectivity index (χ0n) is 16.4. The van der Waals surface area contributed by atoms with Gasteiger partial charge in [0.25, 0.3) is 0 Å². The maximum Gasteiger partial charge on any atom is 0.219 e. The molecule has 150 valence electrons. The fourth-order valence-electron chi connectivity index (χ4n) is 3.76. The Hall–Kier alpha value is -1.28. The lowest BCUT2D eigenvalue weighted by Crippen LogP contribution is -2.47. The molecule has 0 bridgehead atoms. The number of carbonyl (C=O) groups excluding carboxylic acids is 2. The molecule has 1 aromatic rings. The standard InChI is InChI=1S/C20H32N4O2S/c1-17(25)24-13-11-23(12-14-24)16-18-5-6-20(27-18)19(26)15-21-7-10-22-8-3-2-4-9-22/h5-6,21H,2-4,7-16H2,1H3. The highest BCUT2D eigenvalue weighted by Crippen LogP contribution is 2.19. The number of nitrogens with one attached hydrogen (secondary N) is 1. The van der Waals surface area contributed by atoms with Crippen molar-refractivity contribution < 1.29 is 9.59 Å². The quantitative estimate of drug-likeness (QED) is 0.539. The fraction of sp³-hybridized carbons (Fsp3) is 0.700. The van der Waals surface area contributed by atoms with Crippen LogP contribution in [-0.2, 0) is 11.3 Å². The van der Waals surface area contributed by atoms with Gasteiger partial charge in [0, 0.05) is 57.6 Å². The molecule has 0 aliphatic carbocycles. The van der Waals surface area contributed by atoms with Crippen molar-refractivity contribution in [3.05, 3.63) is 21.9 Å². The van der Waals surface area contributed by atoms with Crippen LogP contribution in [0.15, 0.2) is 12.1 Å². The largest absolute Gasteiger partial charge is 0.340 e. The molecule has 3 rings (SSSR count). The number of piperazine rings is 1. The molecule has 2 aliphatic heterocycles. The van der Waals surface area contributed by atoms with Crippen LogP contribution in [0.3, 0.4) is 0 Å². The van der Waals surface area contributed by atoms with Crippen molar-refractivity contribution >= 4 is 23.0 Å². The molecule has 0 radical (unpaired) electrons. The van der Waals surface area contributed by atoms with Crippen LogP contribution in [0.25, 0.3) is 0 Å². The molecule has 0 aromatic carbocycles. The summed E-state index contributed by atoms with van der Waals surface area (Å²) in [6.45, 7) is 10.6. The first-order valence-electron chi connectivity index (χ1n) is 10.1. The lowest BCUT2D eigenvalue weighted by molar-refractivity contribution is -0.130. The van der Waals surface area contributed by atoms with E-state index in [1.54, 1.807) is 18.3 Å². The van der Waals surface area contributed by atoms with E-state index in [1.165, 1.54) is 37.2 Å². The molecule has 0 atom stereocenters. The Kier molecular flexibility index (Phi) is 7.81. The summed E-state index contributed by atoms with van der Waals surface area (Å²) in [5.41, 5.74) is 0. The fourth-order valence-corrected chi connectivity index (χ4v) is 4.75. The number of Topliss-reactive ketones (excluding diaryl/α,β-unsaturated/α-hetero) is 1. The van der Waals surface area contributed by atoms with Crippen LogP contribution in [0.1, 0.15) is 40.7 Å². The summed E-state index contributed by atoms with van der Waals surface area (Å²) in [6, 6.07) is 4.03. The summed E-state index contributed by atoms with van der Waals surface area (Å²) in [6.07, 6.45) is 3.97. The zero-order valence-corrected chi connectivity index (χ0v) is 17.2. The van der Waals surface area contributed by atoms with Crippen molar-refractivity contribution in [2.24, 2.45) is 0 Å². The van der Waals surface area contributed by atoms with Crippen LogP contribution in [0.5, 0.6) is 0 Å². The molecule has 1 amide bonds. The maximum absolute atomic E-state index is 12.4. The Morgan fingerprint density at radius 3 is 2.44 bits per heavy atom. The summed E-state index contributed by atoms with van der Waals surface area (Å²) < 4.78 is 0. The molecule has 27 heavy (non-hydrogen) atoms. The van der Waals surface area contributed by atoms with Gasteiger partial charge in [-0.2, -0.15) is 0 Å². The first kappa shape index (κ1) is 20.5. The van der Waals surface area contributed by atoms with Crippen LogP contribution < -0.4 is 5.32 Å². The lowest BCUT2D eigenvalue weighted by Gasteiger charge is -2.33. The number of piperidine rings is 1. The van der Waals surface area contributed by atoms with Crippen molar-refractivity contribution in [2.75, 3.05) is 58.9 Å². The normalized spacial score (nSPS) is 19.4. The van der Waals surface area contributed by atoms with E-state index in [0.29, 0.717) is 6.54 Å². The van der Waals surface area contributed by atoms with E-state index in [-0.39, 0.29) is 11.7 Å². The van der Waals surface area contributed by atoms with Gasteiger partial charge in [-0.15, -0.1) is 11.3 Å². The predicted molar refractivity (Wildman–Crippen MR) is 109 cm³/mol. The van der Waals surface area contributed by atoms with E-state index in [1.807, 2.05) is 11.0 Å². The Morgan fingerprint density at radius 2 is 1.74 bits per heavy atom. The molecule has 1 N–H and O–H groups in total.